The molecule has 0 amide bonds. The molecule has 246 valence electrons. The van der Waals surface area contributed by atoms with Crippen molar-refractivity contribution in [2.75, 3.05) is 0 Å². The number of aryl methyl sites for hydroxylation is 1. The molecule has 0 aliphatic heterocycles. The molecule has 5 aromatic rings. The Hall–Kier alpha value is -5.34. The van der Waals surface area contributed by atoms with Crippen molar-refractivity contribution in [3.05, 3.63) is 169 Å². The van der Waals surface area contributed by atoms with E-state index in [4.69, 9.17) is 11.5 Å². The Morgan fingerprint density at radius 2 is 1.25 bits per heavy atom. The fourth-order valence-electron chi connectivity index (χ4n) is 5.83. The average Bonchev–Trinajstić information content (AvgIpc) is 3.13. The van der Waals surface area contributed by atoms with Gasteiger partial charge in [0.1, 0.15) is 0 Å². The first-order valence-corrected chi connectivity index (χ1v) is 17.0. The predicted octanol–water partition coefficient (Wildman–Crippen LogP) is 12.7. The predicted molar refractivity (Wildman–Crippen MR) is 217 cm³/mol. The molecule has 5 aromatic carbocycles. The van der Waals surface area contributed by atoms with Crippen molar-refractivity contribution >= 4 is 33.7 Å². The van der Waals surface area contributed by atoms with E-state index in [-0.39, 0.29) is 0 Å². The van der Waals surface area contributed by atoms with Crippen LogP contribution in [0.1, 0.15) is 62.8 Å². The number of hydrogen-bond acceptors (Lipinski definition) is 2. The molecule has 0 unspecified atom stereocenters. The number of fused-ring (bicyclic) bond motifs is 2. The first kappa shape index (κ1) is 37.1. The van der Waals surface area contributed by atoms with Crippen LogP contribution in [0.15, 0.2) is 146 Å². The highest BCUT2D eigenvalue weighted by atomic mass is 14.5. The zero-order valence-electron chi connectivity index (χ0n) is 29.5. The monoisotopic (exact) mass is 632 g/mol. The van der Waals surface area contributed by atoms with Gasteiger partial charge in [-0.1, -0.05) is 163 Å². The SMILES string of the molecule is C=Cc1c(C=C)c(-c2ccc3ccccc3c2)c2ccccc2c1-c1ccc(C/C=C\C(=C/N)C/C=C\C=C/N)c(C)c1.CC.CCC. The number of allylic oxidation sites excluding steroid dienone is 6. The third-order valence-electron chi connectivity index (χ3n) is 7.97. The molecular weight excluding hydrogens is 581 g/mol. The normalized spacial score (nSPS) is 11.5. The van der Waals surface area contributed by atoms with E-state index in [9.17, 15) is 0 Å². The molecule has 0 aliphatic carbocycles. The van der Waals surface area contributed by atoms with E-state index >= 15 is 0 Å². The van der Waals surface area contributed by atoms with Gasteiger partial charge in [0, 0.05) is 0 Å². The molecule has 0 saturated carbocycles. The van der Waals surface area contributed by atoms with Crippen molar-refractivity contribution in [2.45, 2.75) is 53.9 Å². The van der Waals surface area contributed by atoms with Crippen molar-refractivity contribution in [1.29, 1.82) is 0 Å². The zero-order chi connectivity index (χ0) is 34.9. The lowest BCUT2D eigenvalue weighted by atomic mass is 9.82. The number of nitrogens with two attached hydrogens (primary N) is 2. The molecule has 2 heteroatoms. The van der Waals surface area contributed by atoms with Crippen LogP contribution in [-0.4, -0.2) is 0 Å². The Kier molecular flexibility index (Phi) is 15.0. The van der Waals surface area contributed by atoms with Crippen LogP contribution >= 0.6 is 0 Å². The summed E-state index contributed by atoms with van der Waals surface area (Å²) < 4.78 is 0. The van der Waals surface area contributed by atoms with E-state index in [2.05, 4.69) is 131 Å². The Labute approximate surface area is 289 Å². The van der Waals surface area contributed by atoms with Gasteiger partial charge < -0.3 is 11.5 Å². The Morgan fingerprint density at radius 3 is 1.81 bits per heavy atom. The molecule has 0 aromatic heterocycles. The first-order chi connectivity index (χ1) is 23.5. The van der Waals surface area contributed by atoms with Gasteiger partial charge >= 0.3 is 0 Å². The first-order valence-electron chi connectivity index (χ1n) is 17.0. The summed E-state index contributed by atoms with van der Waals surface area (Å²) in [4.78, 5) is 0. The molecule has 2 nitrogen and oxygen atoms in total. The Morgan fingerprint density at radius 1 is 0.688 bits per heavy atom. The van der Waals surface area contributed by atoms with E-state index in [0.717, 1.165) is 29.5 Å². The maximum atomic E-state index is 5.84. The summed E-state index contributed by atoms with van der Waals surface area (Å²) in [5.74, 6) is 0. The van der Waals surface area contributed by atoms with Gasteiger partial charge in [-0.2, -0.15) is 0 Å². The summed E-state index contributed by atoms with van der Waals surface area (Å²) in [6, 6.07) is 30.6. The van der Waals surface area contributed by atoms with E-state index in [1.165, 1.54) is 67.5 Å². The van der Waals surface area contributed by atoms with E-state index < -0.39 is 0 Å². The smallest absolute Gasteiger partial charge is 0.00264 e. The van der Waals surface area contributed by atoms with Crippen molar-refractivity contribution in [3.8, 4) is 22.3 Å². The molecule has 0 spiro atoms. The van der Waals surface area contributed by atoms with Crippen molar-refractivity contribution < 1.29 is 0 Å². The fraction of sp³-hybridized carbons (Fsp3) is 0.174. The molecule has 0 radical (unpaired) electrons. The summed E-state index contributed by atoms with van der Waals surface area (Å²) in [6.45, 7) is 19.0. The lowest BCUT2D eigenvalue weighted by Crippen LogP contribution is -1.97. The number of hydrogen-bond donors (Lipinski definition) is 2. The third-order valence-corrected chi connectivity index (χ3v) is 7.97. The molecule has 0 fully saturated rings. The van der Waals surface area contributed by atoms with Crippen LogP contribution in [0.4, 0.5) is 0 Å². The minimum atomic E-state index is 0.757. The van der Waals surface area contributed by atoms with Crippen molar-refractivity contribution in [2.24, 2.45) is 11.5 Å². The van der Waals surface area contributed by atoms with Crippen molar-refractivity contribution in [3.63, 3.8) is 0 Å². The third kappa shape index (κ3) is 8.92. The fourth-order valence-corrected chi connectivity index (χ4v) is 5.83. The van der Waals surface area contributed by atoms with Gasteiger partial charge in [0.2, 0.25) is 0 Å². The average molecular weight is 633 g/mol. The number of benzene rings is 5. The molecule has 0 aliphatic rings. The molecule has 0 heterocycles. The summed E-state index contributed by atoms with van der Waals surface area (Å²) in [6.07, 6.45) is 20.0. The highest BCUT2D eigenvalue weighted by Crippen LogP contribution is 2.44. The maximum Gasteiger partial charge on any atom is -0.00264 e. The quantitative estimate of drug-likeness (QED) is 0.151. The topological polar surface area (TPSA) is 52.0 Å². The van der Waals surface area contributed by atoms with Gasteiger partial charge in [-0.05, 0) is 116 Å². The van der Waals surface area contributed by atoms with Crippen LogP contribution in [0.3, 0.4) is 0 Å². The van der Waals surface area contributed by atoms with Crippen molar-refractivity contribution in [1.82, 2.24) is 0 Å². The summed E-state index contributed by atoms with van der Waals surface area (Å²) >= 11 is 0. The van der Waals surface area contributed by atoms with Crippen LogP contribution < -0.4 is 11.5 Å². The molecular formula is C46H52N2. The lowest BCUT2D eigenvalue weighted by molar-refractivity contribution is 1.09. The van der Waals surface area contributed by atoms with Crippen LogP contribution in [-0.2, 0) is 6.42 Å². The van der Waals surface area contributed by atoms with Crippen LogP contribution in [0.5, 0.6) is 0 Å². The van der Waals surface area contributed by atoms with Crippen LogP contribution in [0.2, 0.25) is 0 Å². The van der Waals surface area contributed by atoms with Gasteiger partial charge in [-0.15, -0.1) is 0 Å². The van der Waals surface area contributed by atoms with E-state index in [1.54, 1.807) is 12.3 Å². The molecule has 0 atom stereocenters. The van der Waals surface area contributed by atoms with E-state index in [1.807, 2.05) is 38.2 Å². The summed E-state index contributed by atoms with van der Waals surface area (Å²) in [7, 11) is 0. The highest BCUT2D eigenvalue weighted by Gasteiger charge is 2.19. The number of rotatable bonds is 10. The minimum absolute atomic E-state index is 0.757. The van der Waals surface area contributed by atoms with E-state index in [0.29, 0.717) is 0 Å². The second-order valence-corrected chi connectivity index (χ2v) is 11.3. The molecule has 5 rings (SSSR count). The van der Waals surface area contributed by atoms with Gasteiger partial charge in [-0.25, -0.2) is 0 Å². The lowest BCUT2D eigenvalue weighted by Gasteiger charge is -2.21. The zero-order valence-corrected chi connectivity index (χ0v) is 29.5. The van der Waals surface area contributed by atoms with Gasteiger partial charge in [0.05, 0.1) is 0 Å². The minimum Gasteiger partial charge on any atom is -0.405 e. The summed E-state index contributed by atoms with van der Waals surface area (Å²) in [5, 5.41) is 4.86. The van der Waals surface area contributed by atoms with Gasteiger partial charge in [0.15, 0.2) is 0 Å². The van der Waals surface area contributed by atoms with Gasteiger partial charge in [-0.3, -0.25) is 0 Å². The standard InChI is InChI=1S/C41H38N2.C3H8.C2H6/c1-4-36-37(5-2)41(35-24-22-32-16-8-9-17-33(32)27-35)39-20-11-10-19-38(39)40(36)34-23-21-31(29(3)26-34)18-13-15-30(28-43)14-7-6-12-25-42;1-3-2;1-2/h4-13,15-17,19-28H,1-2,14,18,42-43H2,3H3;3H2,1-2H3;1-2H3/b7-6-,15-13-,25-12-,30-28-;;. The Balaban J connectivity index is 0.00000118. The largest absolute Gasteiger partial charge is 0.405 e. The van der Waals surface area contributed by atoms with Gasteiger partial charge in [0.25, 0.3) is 0 Å². The molecule has 4 N–H and O–H groups in total. The summed E-state index contributed by atoms with van der Waals surface area (Å²) in [5.41, 5.74) is 21.7. The highest BCUT2D eigenvalue weighted by molar-refractivity contribution is 6.12. The van der Waals surface area contributed by atoms with Crippen LogP contribution in [0, 0.1) is 6.92 Å². The molecule has 0 bridgehead atoms. The second-order valence-electron chi connectivity index (χ2n) is 11.3. The van der Waals surface area contributed by atoms with Crippen LogP contribution in [0.25, 0.3) is 56.0 Å². The maximum absolute atomic E-state index is 5.84. The molecule has 48 heavy (non-hydrogen) atoms. The molecule has 0 saturated heterocycles. The Bertz CT molecular complexity index is 1950. The second kappa shape index (κ2) is 19.4.